The maximum absolute atomic E-state index is 13.1. The molecule has 134 valence electrons. The van der Waals surface area contributed by atoms with Crippen molar-refractivity contribution < 1.29 is 0 Å². The highest BCUT2D eigenvalue weighted by Crippen LogP contribution is 2.33. The zero-order chi connectivity index (χ0) is 18.0. The van der Waals surface area contributed by atoms with Crippen LogP contribution in [0.5, 0.6) is 0 Å². The van der Waals surface area contributed by atoms with Crippen molar-refractivity contribution in [1.82, 2.24) is 19.5 Å². The van der Waals surface area contributed by atoms with Gasteiger partial charge in [-0.15, -0.1) is 11.3 Å². The SMILES string of the molecule is CCNc1ncnc2sc3c(=O)n(C(CC)CCC(C)Br)cnc3c12. The number of fused-ring (bicyclic) bond motifs is 3. The topological polar surface area (TPSA) is 72.7 Å². The second-order valence-corrected chi connectivity index (χ2v) is 8.65. The average molecular weight is 424 g/mol. The van der Waals surface area contributed by atoms with Crippen molar-refractivity contribution in [3.63, 3.8) is 0 Å². The van der Waals surface area contributed by atoms with Crippen molar-refractivity contribution in [3.05, 3.63) is 23.0 Å². The van der Waals surface area contributed by atoms with E-state index in [4.69, 9.17) is 0 Å². The Morgan fingerprint density at radius 3 is 2.76 bits per heavy atom. The monoisotopic (exact) mass is 423 g/mol. The molecule has 2 atom stereocenters. The first-order valence-electron chi connectivity index (χ1n) is 8.59. The Hall–Kier alpha value is -1.54. The summed E-state index contributed by atoms with van der Waals surface area (Å²) >= 11 is 4.98. The van der Waals surface area contributed by atoms with Gasteiger partial charge in [-0.25, -0.2) is 15.0 Å². The molecule has 6 nitrogen and oxygen atoms in total. The van der Waals surface area contributed by atoms with Gasteiger partial charge in [0.05, 0.1) is 11.7 Å². The third-order valence-electron chi connectivity index (χ3n) is 4.31. The third-order valence-corrected chi connectivity index (χ3v) is 5.84. The number of nitrogens with one attached hydrogen (secondary N) is 1. The van der Waals surface area contributed by atoms with Crippen molar-refractivity contribution >= 4 is 53.5 Å². The van der Waals surface area contributed by atoms with Gasteiger partial charge in [-0.3, -0.25) is 9.36 Å². The highest BCUT2D eigenvalue weighted by Gasteiger charge is 2.19. The van der Waals surface area contributed by atoms with E-state index >= 15 is 0 Å². The summed E-state index contributed by atoms with van der Waals surface area (Å²) in [5, 5.41) is 4.07. The van der Waals surface area contributed by atoms with Crippen molar-refractivity contribution in [2.75, 3.05) is 11.9 Å². The van der Waals surface area contributed by atoms with Gasteiger partial charge in [-0.2, -0.15) is 0 Å². The van der Waals surface area contributed by atoms with Crippen LogP contribution < -0.4 is 10.9 Å². The zero-order valence-electron chi connectivity index (χ0n) is 14.6. The molecule has 2 unspecified atom stereocenters. The molecule has 3 rings (SSSR count). The van der Waals surface area contributed by atoms with Crippen LogP contribution in [0.3, 0.4) is 0 Å². The van der Waals surface area contributed by atoms with Crippen molar-refractivity contribution in [2.24, 2.45) is 0 Å². The van der Waals surface area contributed by atoms with Crippen LogP contribution in [0.4, 0.5) is 5.82 Å². The predicted octanol–water partition coefficient (Wildman–Crippen LogP) is 4.35. The Kier molecular flexibility index (Phi) is 5.68. The average Bonchev–Trinajstić information content (AvgIpc) is 2.98. The fourth-order valence-electron chi connectivity index (χ4n) is 3.00. The molecule has 0 saturated heterocycles. The molecular weight excluding hydrogens is 402 g/mol. The van der Waals surface area contributed by atoms with Crippen LogP contribution in [0.25, 0.3) is 20.4 Å². The minimum atomic E-state index is 0.0181. The first kappa shape index (κ1) is 18.3. The lowest BCUT2D eigenvalue weighted by Crippen LogP contribution is -2.24. The van der Waals surface area contributed by atoms with Gasteiger partial charge in [0.2, 0.25) is 0 Å². The van der Waals surface area contributed by atoms with E-state index < -0.39 is 0 Å². The summed E-state index contributed by atoms with van der Waals surface area (Å²) in [5.41, 5.74) is 0.714. The number of aromatic nitrogens is 4. The summed E-state index contributed by atoms with van der Waals surface area (Å²) in [6.45, 7) is 7.01. The molecule has 0 fully saturated rings. The van der Waals surface area contributed by atoms with Gasteiger partial charge in [0.25, 0.3) is 5.56 Å². The molecule has 0 bridgehead atoms. The largest absolute Gasteiger partial charge is 0.370 e. The number of alkyl halides is 1. The fraction of sp³-hybridized carbons (Fsp3) is 0.529. The van der Waals surface area contributed by atoms with Crippen molar-refractivity contribution in [1.29, 1.82) is 0 Å². The second kappa shape index (κ2) is 7.78. The van der Waals surface area contributed by atoms with Crippen LogP contribution in [0.2, 0.25) is 0 Å². The molecule has 0 aliphatic rings. The highest BCUT2D eigenvalue weighted by molar-refractivity contribution is 9.09. The molecule has 0 saturated carbocycles. The molecule has 0 spiro atoms. The molecule has 3 aromatic heterocycles. The lowest BCUT2D eigenvalue weighted by atomic mass is 10.1. The van der Waals surface area contributed by atoms with Crippen molar-refractivity contribution in [3.8, 4) is 0 Å². The number of hydrogen-bond donors (Lipinski definition) is 1. The Morgan fingerprint density at radius 1 is 1.28 bits per heavy atom. The first-order chi connectivity index (χ1) is 12.1. The number of halogens is 1. The lowest BCUT2D eigenvalue weighted by molar-refractivity contribution is 0.427. The van der Waals surface area contributed by atoms with Crippen LogP contribution in [-0.2, 0) is 0 Å². The van der Waals surface area contributed by atoms with Gasteiger partial charge >= 0.3 is 0 Å². The first-order valence-corrected chi connectivity index (χ1v) is 10.3. The van der Waals surface area contributed by atoms with E-state index in [-0.39, 0.29) is 11.6 Å². The number of hydrogen-bond acceptors (Lipinski definition) is 6. The Bertz CT molecular complexity index is 936. The van der Waals surface area contributed by atoms with Gasteiger partial charge < -0.3 is 5.32 Å². The summed E-state index contributed by atoms with van der Waals surface area (Å²) in [5.74, 6) is 0.739. The Morgan fingerprint density at radius 2 is 2.08 bits per heavy atom. The van der Waals surface area contributed by atoms with Gasteiger partial charge in [0.15, 0.2) is 0 Å². The zero-order valence-corrected chi connectivity index (χ0v) is 17.0. The van der Waals surface area contributed by atoms with Crippen LogP contribution in [-0.4, -0.2) is 30.9 Å². The van der Waals surface area contributed by atoms with Gasteiger partial charge in [0.1, 0.15) is 27.2 Å². The maximum atomic E-state index is 13.1. The van der Waals surface area contributed by atoms with E-state index in [0.29, 0.717) is 15.0 Å². The Balaban J connectivity index is 2.13. The van der Waals surface area contributed by atoms with Crippen molar-refractivity contribution in [2.45, 2.75) is 50.9 Å². The molecule has 0 amide bonds. The summed E-state index contributed by atoms with van der Waals surface area (Å²) in [6, 6.07) is 0.161. The second-order valence-electron chi connectivity index (χ2n) is 6.09. The normalized spacial score (nSPS) is 14.1. The molecule has 1 N–H and O–H groups in total. The lowest BCUT2D eigenvalue weighted by Gasteiger charge is -2.18. The third kappa shape index (κ3) is 3.55. The number of rotatable bonds is 7. The smallest absolute Gasteiger partial charge is 0.271 e. The molecular formula is C17H22BrN5OS. The molecule has 3 heterocycles. The van der Waals surface area contributed by atoms with Gasteiger partial charge in [-0.1, -0.05) is 29.8 Å². The molecule has 0 aromatic carbocycles. The van der Waals surface area contributed by atoms with Gasteiger partial charge in [0, 0.05) is 17.4 Å². The quantitative estimate of drug-likeness (QED) is 0.571. The van der Waals surface area contributed by atoms with E-state index in [9.17, 15) is 4.79 Å². The van der Waals surface area contributed by atoms with E-state index in [1.807, 2.05) is 6.92 Å². The van der Waals surface area contributed by atoms with Gasteiger partial charge in [-0.05, 0) is 26.2 Å². The number of thiophene rings is 1. The van der Waals surface area contributed by atoms with E-state index in [0.717, 1.165) is 41.8 Å². The molecule has 8 heteroatoms. The van der Waals surface area contributed by atoms with Crippen LogP contribution in [0.1, 0.15) is 46.1 Å². The molecule has 0 radical (unpaired) electrons. The molecule has 3 aromatic rings. The van der Waals surface area contributed by atoms with Crippen LogP contribution in [0, 0.1) is 0 Å². The standard InChI is InChI=1S/C17H22BrN5OS/c1-4-11(7-6-10(3)18)23-9-22-13-12-15(19-5-2)20-8-21-16(12)25-14(13)17(23)24/h8-11H,4-7H2,1-3H3,(H,19,20,21). The molecule has 25 heavy (non-hydrogen) atoms. The minimum absolute atomic E-state index is 0.0181. The fourth-order valence-corrected chi connectivity index (χ4v) is 4.30. The van der Waals surface area contributed by atoms with E-state index in [1.165, 1.54) is 17.7 Å². The molecule has 0 aliphatic carbocycles. The number of nitrogens with zero attached hydrogens (tertiary/aromatic N) is 4. The van der Waals surface area contributed by atoms with E-state index in [2.05, 4.69) is 50.0 Å². The van der Waals surface area contributed by atoms with E-state index in [1.54, 1.807) is 10.9 Å². The summed E-state index contributed by atoms with van der Waals surface area (Å²) in [6.07, 6.45) is 6.09. The predicted molar refractivity (Wildman–Crippen MR) is 108 cm³/mol. The van der Waals surface area contributed by atoms with Crippen LogP contribution in [0.15, 0.2) is 17.4 Å². The Labute approximate surface area is 158 Å². The summed E-state index contributed by atoms with van der Waals surface area (Å²) < 4.78 is 2.44. The minimum Gasteiger partial charge on any atom is -0.370 e. The highest BCUT2D eigenvalue weighted by atomic mass is 79.9. The van der Waals surface area contributed by atoms with Crippen LogP contribution >= 0.6 is 27.3 Å². The number of anilines is 1. The molecule has 0 aliphatic heterocycles. The summed E-state index contributed by atoms with van der Waals surface area (Å²) in [7, 11) is 0. The summed E-state index contributed by atoms with van der Waals surface area (Å²) in [4.78, 5) is 27.5. The maximum Gasteiger partial charge on any atom is 0.271 e.